The number of allylic oxidation sites excluding steroid dienone is 1. The molecule has 166 valence electrons. The van der Waals surface area contributed by atoms with Crippen molar-refractivity contribution in [3.8, 4) is 0 Å². The highest BCUT2D eigenvalue weighted by Crippen LogP contribution is 2.39. The average Bonchev–Trinajstić information content (AvgIpc) is 3.17. The molecule has 0 bridgehead atoms. The van der Waals surface area contributed by atoms with E-state index in [1.54, 1.807) is 12.1 Å². The maximum atomic E-state index is 13.6. The molecule has 1 atom stereocenters. The van der Waals surface area contributed by atoms with Gasteiger partial charge < -0.3 is 10.6 Å². The summed E-state index contributed by atoms with van der Waals surface area (Å²) in [5, 5.41) is 6.25. The summed E-state index contributed by atoms with van der Waals surface area (Å²) in [5.74, 6) is 0.522. The lowest BCUT2D eigenvalue weighted by atomic mass is 9.92. The lowest BCUT2D eigenvalue weighted by Gasteiger charge is -2.31. The lowest BCUT2D eigenvalue weighted by Crippen LogP contribution is -2.30. The van der Waals surface area contributed by atoms with Crippen LogP contribution in [-0.2, 0) is 4.79 Å². The summed E-state index contributed by atoms with van der Waals surface area (Å²) < 4.78 is 15.4. The van der Waals surface area contributed by atoms with Gasteiger partial charge in [0.15, 0.2) is 0 Å². The molecule has 1 unspecified atom stereocenters. The monoisotopic (exact) mass is 440 g/mol. The van der Waals surface area contributed by atoms with Crippen LogP contribution in [0.25, 0.3) is 11.0 Å². The van der Waals surface area contributed by atoms with Crippen molar-refractivity contribution in [2.75, 3.05) is 10.6 Å². The quantitative estimate of drug-likeness (QED) is 0.396. The molecule has 0 saturated heterocycles. The molecule has 6 heteroatoms. The van der Waals surface area contributed by atoms with Gasteiger partial charge in [-0.1, -0.05) is 50.2 Å². The van der Waals surface area contributed by atoms with Crippen molar-refractivity contribution in [3.05, 3.63) is 101 Å². The third kappa shape index (κ3) is 3.78. The number of amides is 1. The minimum Gasteiger partial charge on any atom is -0.329 e. The third-order valence-electron chi connectivity index (χ3n) is 6.10. The summed E-state index contributed by atoms with van der Waals surface area (Å²) in [6, 6.07) is 21.7. The second-order valence-electron chi connectivity index (χ2n) is 8.64. The van der Waals surface area contributed by atoms with Gasteiger partial charge in [-0.05, 0) is 60.4 Å². The van der Waals surface area contributed by atoms with E-state index in [-0.39, 0.29) is 17.8 Å². The Kier molecular flexibility index (Phi) is 5.21. The lowest BCUT2D eigenvalue weighted by molar-refractivity contribution is -0.113. The van der Waals surface area contributed by atoms with Crippen LogP contribution in [-0.4, -0.2) is 15.5 Å². The first-order chi connectivity index (χ1) is 15.9. The zero-order valence-electron chi connectivity index (χ0n) is 18.8. The van der Waals surface area contributed by atoms with Crippen molar-refractivity contribution in [3.63, 3.8) is 0 Å². The van der Waals surface area contributed by atoms with Crippen LogP contribution >= 0.6 is 0 Å². The first-order valence-electron chi connectivity index (χ1n) is 11.0. The predicted molar refractivity (Wildman–Crippen MR) is 130 cm³/mol. The summed E-state index contributed by atoms with van der Waals surface area (Å²) in [5.41, 5.74) is 5.89. The number of carbonyl (C=O) groups excluding carboxylic acids is 1. The maximum absolute atomic E-state index is 13.6. The fourth-order valence-electron chi connectivity index (χ4n) is 4.37. The van der Waals surface area contributed by atoms with Crippen LogP contribution in [0.15, 0.2) is 84.1 Å². The van der Waals surface area contributed by atoms with E-state index in [9.17, 15) is 9.18 Å². The second kappa shape index (κ2) is 8.20. The molecule has 4 aromatic rings. The Morgan fingerprint density at radius 1 is 1.03 bits per heavy atom. The first kappa shape index (κ1) is 20.9. The van der Waals surface area contributed by atoms with Gasteiger partial charge in [0.05, 0.1) is 22.6 Å². The molecule has 1 aromatic heterocycles. The van der Waals surface area contributed by atoms with Gasteiger partial charge in [0.2, 0.25) is 5.95 Å². The predicted octanol–water partition coefficient (Wildman–Crippen LogP) is 6.23. The number of imidazole rings is 1. The highest BCUT2D eigenvalue weighted by molar-refractivity contribution is 6.06. The molecule has 0 radical (unpaired) electrons. The Morgan fingerprint density at radius 2 is 1.73 bits per heavy atom. The molecule has 33 heavy (non-hydrogen) atoms. The van der Waals surface area contributed by atoms with Crippen LogP contribution in [0.4, 0.5) is 16.0 Å². The molecule has 2 heterocycles. The number of para-hydroxylation sites is 2. The molecule has 0 aliphatic carbocycles. The van der Waals surface area contributed by atoms with Gasteiger partial charge in [0.25, 0.3) is 5.91 Å². The normalized spacial score (nSPS) is 15.5. The van der Waals surface area contributed by atoms with Crippen molar-refractivity contribution in [1.82, 2.24) is 9.55 Å². The van der Waals surface area contributed by atoms with Gasteiger partial charge in [0.1, 0.15) is 5.82 Å². The fraction of sp³-hybridized carbons (Fsp3) is 0.185. The largest absolute Gasteiger partial charge is 0.329 e. The Hall–Kier alpha value is -3.93. The van der Waals surface area contributed by atoms with Gasteiger partial charge >= 0.3 is 0 Å². The minimum atomic E-state index is -0.365. The van der Waals surface area contributed by atoms with E-state index in [1.807, 2.05) is 31.2 Å². The molecule has 3 aromatic carbocycles. The molecule has 1 aliphatic rings. The molecular weight excluding hydrogens is 415 g/mol. The second-order valence-corrected chi connectivity index (χ2v) is 8.64. The summed E-state index contributed by atoms with van der Waals surface area (Å²) >= 11 is 0. The number of nitrogens with zero attached hydrogens (tertiary/aromatic N) is 2. The van der Waals surface area contributed by atoms with E-state index >= 15 is 0 Å². The number of rotatable bonds is 4. The minimum absolute atomic E-state index is 0.243. The molecule has 5 nitrogen and oxygen atoms in total. The smallest absolute Gasteiger partial charge is 0.255 e. The number of hydrogen-bond acceptors (Lipinski definition) is 3. The molecule has 0 fully saturated rings. The zero-order chi connectivity index (χ0) is 23.1. The molecule has 0 spiro atoms. The van der Waals surface area contributed by atoms with E-state index in [0.717, 1.165) is 22.3 Å². The topological polar surface area (TPSA) is 59.0 Å². The van der Waals surface area contributed by atoms with E-state index < -0.39 is 0 Å². The van der Waals surface area contributed by atoms with Crippen molar-refractivity contribution in [2.45, 2.75) is 32.7 Å². The van der Waals surface area contributed by atoms with Crippen molar-refractivity contribution < 1.29 is 9.18 Å². The zero-order valence-corrected chi connectivity index (χ0v) is 18.8. The number of aromatic nitrogens is 2. The van der Waals surface area contributed by atoms with Gasteiger partial charge in [-0.15, -0.1) is 0 Å². The summed E-state index contributed by atoms with van der Waals surface area (Å²) in [4.78, 5) is 18.3. The number of hydrogen-bond donors (Lipinski definition) is 2. The van der Waals surface area contributed by atoms with Gasteiger partial charge in [0, 0.05) is 11.4 Å². The molecule has 5 rings (SSSR count). The summed E-state index contributed by atoms with van der Waals surface area (Å²) in [6.07, 6.45) is 0. The molecule has 2 N–H and O–H groups in total. The van der Waals surface area contributed by atoms with Crippen LogP contribution < -0.4 is 10.6 Å². The Morgan fingerprint density at radius 3 is 2.42 bits per heavy atom. The SMILES string of the molecule is CC1=C(C(=O)Nc2ccc(F)cc2)C(c2ccc(C(C)C)cc2)n2c(nc3ccccc32)N1. The highest BCUT2D eigenvalue weighted by atomic mass is 19.1. The van der Waals surface area contributed by atoms with E-state index in [1.165, 1.54) is 17.7 Å². The number of fused-ring (bicyclic) bond motifs is 3. The van der Waals surface area contributed by atoms with E-state index in [2.05, 4.69) is 53.3 Å². The van der Waals surface area contributed by atoms with Gasteiger partial charge in [-0.3, -0.25) is 9.36 Å². The molecule has 1 amide bonds. The third-order valence-corrected chi connectivity index (χ3v) is 6.10. The Bertz CT molecular complexity index is 1370. The van der Waals surface area contributed by atoms with Crippen molar-refractivity contribution in [2.24, 2.45) is 0 Å². The van der Waals surface area contributed by atoms with Crippen LogP contribution in [0.1, 0.15) is 43.9 Å². The van der Waals surface area contributed by atoms with E-state index in [0.29, 0.717) is 23.1 Å². The van der Waals surface area contributed by atoms with Crippen LogP contribution in [0, 0.1) is 5.82 Å². The van der Waals surface area contributed by atoms with Crippen molar-refractivity contribution in [1.29, 1.82) is 0 Å². The van der Waals surface area contributed by atoms with Gasteiger partial charge in [-0.25, -0.2) is 9.37 Å². The maximum Gasteiger partial charge on any atom is 0.255 e. The summed E-state index contributed by atoms with van der Waals surface area (Å²) in [6.45, 7) is 6.21. The van der Waals surface area contributed by atoms with Crippen LogP contribution in [0.2, 0.25) is 0 Å². The number of benzene rings is 3. The molecule has 0 saturated carbocycles. The van der Waals surface area contributed by atoms with Gasteiger partial charge in [-0.2, -0.15) is 0 Å². The number of anilines is 2. The van der Waals surface area contributed by atoms with E-state index in [4.69, 9.17) is 4.98 Å². The highest BCUT2D eigenvalue weighted by Gasteiger charge is 2.34. The number of halogens is 1. The standard InChI is InChI=1S/C27H25FN4O/c1-16(2)18-8-10-19(11-9-18)25-24(26(33)30-21-14-12-20(28)13-15-21)17(3)29-27-31-22-6-4-5-7-23(22)32(25)27/h4-16,25H,1-3H3,(H,29,31)(H,30,33). The Balaban J connectivity index is 1.64. The number of nitrogens with one attached hydrogen (secondary N) is 2. The Labute approximate surface area is 192 Å². The average molecular weight is 441 g/mol. The molecular formula is C27H25FN4O. The fourth-order valence-corrected chi connectivity index (χ4v) is 4.37. The number of carbonyl (C=O) groups is 1. The van der Waals surface area contributed by atoms with Crippen molar-refractivity contribution >= 4 is 28.6 Å². The van der Waals surface area contributed by atoms with Crippen LogP contribution in [0.5, 0.6) is 0 Å². The summed E-state index contributed by atoms with van der Waals surface area (Å²) in [7, 11) is 0. The molecule has 1 aliphatic heterocycles. The first-order valence-corrected chi connectivity index (χ1v) is 11.0. The van der Waals surface area contributed by atoms with Crippen LogP contribution in [0.3, 0.4) is 0 Å².